The molecule has 0 aliphatic heterocycles. The molecule has 0 amide bonds. The van der Waals surface area contributed by atoms with E-state index in [9.17, 15) is 0 Å². The van der Waals surface area contributed by atoms with Crippen molar-refractivity contribution in [3.05, 3.63) is 64.2 Å². The van der Waals surface area contributed by atoms with E-state index in [4.69, 9.17) is 0 Å². The molecule has 3 rings (SSSR count). The van der Waals surface area contributed by atoms with Crippen LogP contribution < -0.4 is 4.57 Å². The summed E-state index contributed by atoms with van der Waals surface area (Å²) >= 11 is 0. The predicted octanol–water partition coefficient (Wildman–Crippen LogP) is 6.50. The van der Waals surface area contributed by atoms with Gasteiger partial charge in [0.15, 0.2) is 0 Å². The minimum atomic E-state index is 0.519. The number of benzene rings is 2. The third kappa shape index (κ3) is 3.16. The topological polar surface area (TPSA) is 3.88 Å². The molecular weight excluding hydrogens is 314 g/mol. The van der Waals surface area contributed by atoms with Gasteiger partial charge in [-0.25, -0.2) is 0 Å². The summed E-state index contributed by atoms with van der Waals surface area (Å²) in [4.78, 5) is 0. The molecule has 0 aliphatic rings. The summed E-state index contributed by atoms with van der Waals surface area (Å²) in [6.45, 7) is 15.8. The summed E-state index contributed by atoms with van der Waals surface area (Å²) in [5, 5.41) is 1.37. The van der Waals surface area contributed by atoms with Crippen LogP contribution in [-0.2, 0) is 7.05 Å². The highest BCUT2D eigenvalue weighted by molar-refractivity contribution is 5.83. The van der Waals surface area contributed by atoms with Gasteiger partial charge in [0, 0.05) is 23.1 Å². The highest BCUT2D eigenvalue weighted by Crippen LogP contribution is 2.31. The minimum absolute atomic E-state index is 0.519. The largest absolute Gasteiger partial charge is 0.213 e. The van der Waals surface area contributed by atoms with Crippen molar-refractivity contribution in [2.45, 2.75) is 60.3 Å². The molecule has 0 N–H and O–H groups in total. The van der Waals surface area contributed by atoms with Gasteiger partial charge in [0.05, 0.1) is 0 Å². The Kier molecular flexibility index (Phi) is 4.92. The third-order valence-electron chi connectivity index (χ3n) is 5.72. The molecule has 2 aromatic carbocycles. The molecule has 0 spiro atoms. The van der Waals surface area contributed by atoms with Crippen LogP contribution in [0.5, 0.6) is 0 Å². The Morgan fingerprint density at radius 2 is 1.50 bits per heavy atom. The highest BCUT2D eigenvalue weighted by atomic mass is 14.9. The Balaban J connectivity index is 2.36. The summed E-state index contributed by atoms with van der Waals surface area (Å²) in [6.07, 6.45) is 0. The molecule has 0 saturated carbocycles. The van der Waals surface area contributed by atoms with Gasteiger partial charge in [0.1, 0.15) is 7.05 Å². The minimum Gasteiger partial charge on any atom is -0.194 e. The van der Waals surface area contributed by atoms with E-state index in [-0.39, 0.29) is 0 Å². The Hall–Kier alpha value is -2.15. The van der Waals surface area contributed by atoms with Crippen LogP contribution >= 0.6 is 0 Å². The van der Waals surface area contributed by atoms with Crippen molar-refractivity contribution in [3.63, 3.8) is 0 Å². The lowest BCUT2D eigenvalue weighted by atomic mass is 9.91. The lowest BCUT2D eigenvalue weighted by molar-refractivity contribution is -0.633. The number of aromatic nitrogens is 1. The van der Waals surface area contributed by atoms with Crippen molar-refractivity contribution in [1.82, 2.24) is 0 Å². The number of nitrogens with zero attached hydrogens (tertiary/aromatic N) is 1. The quantitative estimate of drug-likeness (QED) is 0.476. The van der Waals surface area contributed by atoms with Gasteiger partial charge in [-0.15, -0.1) is 0 Å². The van der Waals surface area contributed by atoms with Crippen molar-refractivity contribution in [2.24, 2.45) is 7.05 Å². The molecule has 0 atom stereocenters. The van der Waals surface area contributed by atoms with Crippen LogP contribution in [0.2, 0.25) is 0 Å². The van der Waals surface area contributed by atoms with E-state index in [0.29, 0.717) is 11.8 Å². The van der Waals surface area contributed by atoms with Crippen molar-refractivity contribution < 1.29 is 4.57 Å². The first kappa shape index (κ1) is 18.6. The maximum atomic E-state index is 2.40. The van der Waals surface area contributed by atoms with E-state index >= 15 is 0 Å². The van der Waals surface area contributed by atoms with E-state index in [2.05, 4.69) is 96.5 Å². The molecular formula is C25H32N+. The highest BCUT2D eigenvalue weighted by Gasteiger charge is 2.20. The number of hydrogen-bond donors (Lipinski definition) is 0. The molecule has 3 aromatic rings. The lowest BCUT2D eigenvalue weighted by Gasteiger charge is -2.15. The fraction of sp³-hybridized carbons (Fsp3) is 0.400. The third-order valence-corrected chi connectivity index (χ3v) is 5.72. The molecule has 1 nitrogen and oxygen atoms in total. The zero-order valence-electron chi connectivity index (χ0n) is 17.6. The molecule has 1 heterocycles. The van der Waals surface area contributed by atoms with Crippen LogP contribution in [0.25, 0.3) is 22.2 Å². The average Bonchev–Trinajstić information content (AvgIpc) is 2.57. The van der Waals surface area contributed by atoms with Crippen LogP contribution in [0.3, 0.4) is 0 Å². The number of aryl methyl sites for hydroxylation is 3. The molecule has 26 heavy (non-hydrogen) atoms. The Morgan fingerprint density at radius 3 is 2.12 bits per heavy atom. The first-order valence-corrected chi connectivity index (χ1v) is 9.75. The number of pyridine rings is 1. The van der Waals surface area contributed by atoms with Gasteiger partial charge in [0.25, 0.3) is 0 Å². The average molecular weight is 347 g/mol. The zero-order valence-corrected chi connectivity index (χ0v) is 17.6. The fourth-order valence-electron chi connectivity index (χ4n) is 3.93. The maximum Gasteiger partial charge on any atom is 0.213 e. The van der Waals surface area contributed by atoms with Gasteiger partial charge >= 0.3 is 0 Å². The first-order chi connectivity index (χ1) is 12.2. The number of rotatable bonds is 3. The number of hydrogen-bond acceptors (Lipinski definition) is 0. The summed E-state index contributed by atoms with van der Waals surface area (Å²) in [5.74, 6) is 1.05. The van der Waals surface area contributed by atoms with Crippen LogP contribution in [0, 0.1) is 20.8 Å². The fourth-order valence-corrected chi connectivity index (χ4v) is 3.93. The van der Waals surface area contributed by atoms with E-state index in [0.717, 1.165) is 0 Å². The normalized spacial score (nSPS) is 11.8. The van der Waals surface area contributed by atoms with Crippen LogP contribution in [0.15, 0.2) is 36.4 Å². The second-order valence-electron chi connectivity index (χ2n) is 8.38. The molecule has 0 saturated heterocycles. The predicted molar refractivity (Wildman–Crippen MR) is 113 cm³/mol. The van der Waals surface area contributed by atoms with Gasteiger partial charge in [-0.1, -0.05) is 45.4 Å². The SMILES string of the molecule is Cc1cc(C)c(C)c(-c2ccc3c(C(C)C)cc(C(C)C)cc3[n+]2C)c1. The maximum absolute atomic E-state index is 2.40. The van der Waals surface area contributed by atoms with E-state index in [1.165, 1.54) is 50.0 Å². The second-order valence-corrected chi connectivity index (χ2v) is 8.38. The molecule has 0 unspecified atom stereocenters. The second kappa shape index (κ2) is 6.87. The first-order valence-electron chi connectivity index (χ1n) is 9.75. The monoisotopic (exact) mass is 346 g/mol. The van der Waals surface area contributed by atoms with E-state index in [1.807, 2.05) is 0 Å². The molecule has 0 fully saturated rings. The zero-order chi connectivity index (χ0) is 19.2. The van der Waals surface area contributed by atoms with E-state index in [1.54, 1.807) is 0 Å². The Bertz CT molecular complexity index is 977. The number of fused-ring (bicyclic) bond motifs is 1. The van der Waals surface area contributed by atoms with Gasteiger partial charge in [0.2, 0.25) is 11.2 Å². The Morgan fingerprint density at radius 1 is 0.808 bits per heavy atom. The molecule has 0 aliphatic carbocycles. The smallest absolute Gasteiger partial charge is 0.194 e. The van der Waals surface area contributed by atoms with Crippen LogP contribution in [0.4, 0.5) is 0 Å². The van der Waals surface area contributed by atoms with Gasteiger partial charge in [-0.2, -0.15) is 4.57 Å². The summed E-state index contributed by atoms with van der Waals surface area (Å²) in [7, 11) is 2.21. The van der Waals surface area contributed by atoms with Crippen molar-refractivity contribution in [2.75, 3.05) is 0 Å². The van der Waals surface area contributed by atoms with Gasteiger partial charge in [-0.05, 0) is 67.0 Å². The molecule has 136 valence electrons. The summed E-state index contributed by atoms with van der Waals surface area (Å²) in [6, 6.07) is 14.0. The molecule has 0 radical (unpaired) electrons. The van der Waals surface area contributed by atoms with Gasteiger partial charge in [-0.3, -0.25) is 0 Å². The van der Waals surface area contributed by atoms with Crippen LogP contribution in [-0.4, -0.2) is 0 Å². The summed E-state index contributed by atoms with van der Waals surface area (Å²) in [5.41, 5.74) is 10.9. The molecule has 1 heteroatoms. The van der Waals surface area contributed by atoms with Gasteiger partial charge < -0.3 is 0 Å². The van der Waals surface area contributed by atoms with Crippen LogP contribution in [0.1, 0.15) is 67.3 Å². The Labute approximate surface area is 158 Å². The lowest BCUT2D eigenvalue weighted by Crippen LogP contribution is -2.32. The van der Waals surface area contributed by atoms with Crippen molar-refractivity contribution >= 4 is 10.9 Å². The molecule has 1 aromatic heterocycles. The van der Waals surface area contributed by atoms with E-state index < -0.39 is 0 Å². The van der Waals surface area contributed by atoms with Crippen molar-refractivity contribution in [1.29, 1.82) is 0 Å². The van der Waals surface area contributed by atoms with Crippen molar-refractivity contribution in [3.8, 4) is 11.3 Å². The standard InChI is InChI=1S/C25H32N/c1-15(2)20-13-22(16(3)4)21-9-10-24(26(8)25(21)14-20)23-12-17(5)11-18(6)19(23)7/h9-16H,1-8H3/q+1. The molecule has 0 bridgehead atoms. The summed E-state index contributed by atoms with van der Waals surface area (Å²) < 4.78 is 2.38.